The molecule has 2 aliphatic carbocycles. The van der Waals surface area contributed by atoms with Crippen LogP contribution in [0.1, 0.15) is 85.1 Å². The van der Waals surface area contributed by atoms with Gasteiger partial charge in [-0.1, -0.05) is 12.8 Å². The molecule has 0 N–H and O–H groups in total. The molecule has 8 rings (SSSR count). The van der Waals surface area contributed by atoms with Crippen molar-refractivity contribution in [3.63, 3.8) is 0 Å². The van der Waals surface area contributed by atoms with Crippen molar-refractivity contribution >= 4 is 66.9 Å². The molecular weight excluding hydrogens is 625 g/mol. The van der Waals surface area contributed by atoms with Gasteiger partial charge >= 0.3 is 0 Å². The molecule has 6 nitrogen and oxygen atoms in total. The lowest BCUT2D eigenvalue weighted by atomic mass is 9.76. The van der Waals surface area contributed by atoms with E-state index in [0.29, 0.717) is 0 Å². The lowest BCUT2D eigenvalue weighted by Gasteiger charge is -2.41. The van der Waals surface area contributed by atoms with Crippen molar-refractivity contribution in [2.24, 2.45) is 0 Å². The van der Waals surface area contributed by atoms with Gasteiger partial charge in [0.2, 0.25) is 0 Å². The fourth-order valence-electron chi connectivity index (χ4n) is 7.41. The van der Waals surface area contributed by atoms with Crippen LogP contribution < -0.4 is 9.47 Å². The molecule has 0 saturated heterocycles. The van der Waals surface area contributed by atoms with Crippen molar-refractivity contribution in [1.82, 2.24) is 0 Å². The van der Waals surface area contributed by atoms with Gasteiger partial charge in [0.25, 0.3) is 5.70 Å². The summed E-state index contributed by atoms with van der Waals surface area (Å²) in [5.74, 6) is 1.73. The van der Waals surface area contributed by atoms with E-state index >= 15 is 0 Å². The Morgan fingerprint density at radius 3 is 1.59 bits per heavy atom. The van der Waals surface area contributed by atoms with Crippen LogP contribution in [0.2, 0.25) is 0 Å². The maximum Gasteiger partial charge on any atom is 0.263 e. The third-order valence-electron chi connectivity index (χ3n) is 9.26. The maximum absolute atomic E-state index is 9.39. The molecule has 0 aromatic carbocycles. The number of nitriles is 3. The van der Waals surface area contributed by atoms with Crippen LogP contribution in [0.5, 0.6) is 11.5 Å². The van der Waals surface area contributed by atoms with E-state index in [-0.39, 0.29) is 11.3 Å². The number of allylic oxidation sites excluding steroid dienone is 2. The number of hydrogen-bond acceptors (Lipinski definition) is 9. The first-order chi connectivity index (χ1) is 21.5. The van der Waals surface area contributed by atoms with E-state index in [1.807, 2.05) is 53.0 Å². The molecule has 0 amide bonds. The van der Waals surface area contributed by atoms with Crippen molar-refractivity contribution in [3.05, 3.63) is 55.7 Å². The first kappa shape index (κ1) is 27.6. The molecule has 4 aromatic rings. The fraction of sp³-hybridized carbons (Fsp3) is 0.353. The van der Waals surface area contributed by atoms with Crippen molar-refractivity contribution in [2.75, 3.05) is 0 Å². The van der Waals surface area contributed by atoms with Crippen LogP contribution in [-0.2, 0) is 11.2 Å². The molecule has 2 aliphatic heterocycles. The Labute approximate surface area is 271 Å². The third kappa shape index (κ3) is 4.03. The molecule has 2 saturated carbocycles. The molecule has 2 spiro atoms. The van der Waals surface area contributed by atoms with Gasteiger partial charge in [0.1, 0.15) is 40.4 Å². The predicted octanol–water partition coefficient (Wildman–Crippen LogP) is 10.7. The molecule has 10 heteroatoms. The molecule has 4 aromatic heterocycles. The van der Waals surface area contributed by atoms with E-state index in [9.17, 15) is 15.8 Å². The summed E-state index contributed by atoms with van der Waals surface area (Å²) in [4.78, 5) is 9.80. The van der Waals surface area contributed by atoms with Gasteiger partial charge in [-0.2, -0.15) is 10.5 Å². The zero-order valence-electron chi connectivity index (χ0n) is 23.6. The zero-order chi connectivity index (χ0) is 30.1. The van der Waals surface area contributed by atoms with Gasteiger partial charge < -0.3 is 9.47 Å². The highest BCUT2D eigenvalue weighted by molar-refractivity contribution is 7.34. The molecule has 0 radical (unpaired) electrons. The second-order valence-corrected chi connectivity index (χ2v) is 16.0. The lowest BCUT2D eigenvalue weighted by Crippen LogP contribution is -2.37. The van der Waals surface area contributed by atoms with Crippen LogP contribution in [0.25, 0.3) is 45.9 Å². The first-order valence-corrected chi connectivity index (χ1v) is 18.1. The Hall–Kier alpha value is -3.90. The summed E-state index contributed by atoms with van der Waals surface area (Å²) in [5.41, 5.74) is 2.00. The molecule has 4 aliphatic rings. The molecule has 44 heavy (non-hydrogen) atoms. The normalized spacial score (nSPS) is 18.8. The van der Waals surface area contributed by atoms with Gasteiger partial charge in [0, 0.05) is 20.9 Å². The van der Waals surface area contributed by atoms with Crippen LogP contribution in [-0.4, -0.2) is 0 Å². The van der Waals surface area contributed by atoms with Crippen molar-refractivity contribution < 1.29 is 9.47 Å². The molecule has 2 fully saturated rings. The summed E-state index contributed by atoms with van der Waals surface area (Å²) >= 11 is 6.92. The number of rotatable bonds is 2. The standard InChI is InChI=1S/C34H24N4O2S4/c1-38-20(18-37)13-22-15-24-28(42-22)30-26(34(40-24)10-6-3-7-11-34)32-31(44-30)25-29(43-32)27-23(39-33(25)8-4-2-5-9-33)14-21(41-27)12-19(16-35)17-36/h12-15H,2-11H2/b20-13+. The fourth-order valence-corrected chi connectivity index (χ4v) is 13.0. The molecule has 6 heterocycles. The molecule has 216 valence electrons. The van der Waals surface area contributed by atoms with Crippen LogP contribution >= 0.6 is 45.3 Å². The minimum Gasteiger partial charge on any atom is -0.481 e. The summed E-state index contributed by atoms with van der Waals surface area (Å²) in [5, 5.41) is 28.2. The van der Waals surface area contributed by atoms with E-state index in [0.717, 1.165) is 82.4 Å². The SMILES string of the molecule is [C-]#[N+]/C(C#N)=C/c1cc2c(s1)-c1sc3c4c(sc3c1C1(CCCCC1)O2)-c1sc(C=C(C#N)C#N)cc1OC41CCCCC1. The highest BCUT2D eigenvalue weighted by Gasteiger charge is 2.50. The monoisotopic (exact) mass is 648 g/mol. The largest absolute Gasteiger partial charge is 0.481 e. The van der Waals surface area contributed by atoms with Crippen LogP contribution in [0, 0.1) is 40.6 Å². The van der Waals surface area contributed by atoms with Crippen molar-refractivity contribution in [2.45, 2.75) is 75.4 Å². The second-order valence-electron chi connectivity index (χ2n) is 11.8. The predicted molar refractivity (Wildman–Crippen MR) is 177 cm³/mol. The van der Waals surface area contributed by atoms with Gasteiger partial charge in [-0.15, -0.1) is 45.3 Å². The third-order valence-corrected chi connectivity index (χ3v) is 14.3. The van der Waals surface area contributed by atoms with E-state index in [2.05, 4.69) is 4.85 Å². The smallest absolute Gasteiger partial charge is 0.263 e. The minimum atomic E-state index is -0.397. The Morgan fingerprint density at radius 1 is 0.682 bits per heavy atom. The number of hydrogen-bond donors (Lipinski definition) is 0. The number of fused-ring (bicyclic) bond motifs is 11. The highest BCUT2D eigenvalue weighted by atomic mass is 32.1. The molecule has 0 unspecified atom stereocenters. The van der Waals surface area contributed by atoms with E-state index < -0.39 is 11.2 Å². The van der Waals surface area contributed by atoms with Crippen molar-refractivity contribution in [3.8, 4) is 49.2 Å². The van der Waals surface area contributed by atoms with Crippen LogP contribution in [0.3, 0.4) is 0 Å². The van der Waals surface area contributed by atoms with Gasteiger partial charge in [-0.25, -0.2) is 10.1 Å². The first-order valence-electron chi connectivity index (χ1n) is 14.8. The number of nitrogens with zero attached hydrogens (tertiary/aromatic N) is 4. The number of thiophene rings is 4. The summed E-state index contributed by atoms with van der Waals surface area (Å²) in [6.45, 7) is 7.35. The molecule has 0 atom stereocenters. The Kier molecular flexibility index (Phi) is 6.49. The van der Waals surface area contributed by atoms with E-state index in [1.54, 1.807) is 34.8 Å². The summed E-state index contributed by atoms with van der Waals surface area (Å²) in [6.07, 6.45) is 14.0. The number of ether oxygens (including phenoxy) is 2. The second kappa shape index (κ2) is 10.3. The average Bonchev–Trinajstić information content (AvgIpc) is 3.81. The van der Waals surface area contributed by atoms with Gasteiger partial charge in [-0.3, -0.25) is 0 Å². The van der Waals surface area contributed by atoms with Crippen molar-refractivity contribution in [1.29, 1.82) is 15.8 Å². The summed E-state index contributed by atoms with van der Waals surface area (Å²) < 4.78 is 16.7. The Morgan fingerprint density at radius 2 is 1.16 bits per heavy atom. The maximum atomic E-state index is 9.39. The van der Waals surface area contributed by atoms with E-state index in [1.165, 1.54) is 43.1 Å². The van der Waals surface area contributed by atoms with Gasteiger partial charge in [0.15, 0.2) is 0 Å². The zero-order valence-corrected chi connectivity index (χ0v) is 26.9. The Bertz CT molecular complexity index is 1920. The van der Waals surface area contributed by atoms with E-state index in [4.69, 9.17) is 16.0 Å². The molecule has 0 bridgehead atoms. The van der Waals surface area contributed by atoms with Crippen LogP contribution in [0.15, 0.2) is 23.4 Å². The van der Waals surface area contributed by atoms with Crippen LogP contribution in [0.4, 0.5) is 0 Å². The van der Waals surface area contributed by atoms with Gasteiger partial charge in [0.05, 0.1) is 41.5 Å². The summed E-state index contributed by atoms with van der Waals surface area (Å²) in [7, 11) is 0. The highest BCUT2D eigenvalue weighted by Crippen LogP contribution is 2.65. The average molecular weight is 649 g/mol. The van der Waals surface area contributed by atoms with Gasteiger partial charge in [-0.05, 0) is 75.7 Å². The Balaban J connectivity index is 1.38. The lowest BCUT2D eigenvalue weighted by molar-refractivity contribution is 0.0257. The topological polar surface area (TPSA) is 94.2 Å². The minimum absolute atomic E-state index is 0.0754. The quantitative estimate of drug-likeness (QED) is 0.159. The summed E-state index contributed by atoms with van der Waals surface area (Å²) in [6, 6.07) is 10.0. The molecular formula is C34H24N4O2S4.